The molecular weight excluding hydrogens is 112 g/mol. The third kappa shape index (κ3) is 5.80. The van der Waals surface area contributed by atoms with E-state index in [1.807, 2.05) is 0 Å². The van der Waals surface area contributed by atoms with Crippen molar-refractivity contribution >= 4 is 0 Å². The lowest BCUT2D eigenvalue weighted by Crippen LogP contribution is -2.34. The van der Waals surface area contributed by atoms with Gasteiger partial charge in [0, 0.05) is 12.7 Å². The van der Waals surface area contributed by atoms with Gasteiger partial charge in [-0.15, -0.1) is 0 Å². The highest BCUT2D eigenvalue weighted by atomic mass is 15.2. The minimum Gasteiger partial charge on any atom is -0.302 e. The van der Waals surface area contributed by atoms with Crippen molar-refractivity contribution in [3.05, 3.63) is 0 Å². The molecule has 0 amide bonds. The van der Waals surface area contributed by atoms with E-state index >= 15 is 0 Å². The van der Waals surface area contributed by atoms with Crippen molar-refractivity contribution in [2.75, 3.05) is 20.8 Å². The van der Waals surface area contributed by atoms with E-state index in [-0.39, 0.29) is 0 Å². The van der Waals surface area contributed by atoms with Gasteiger partial charge in [-0.3, -0.25) is 4.90 Å². The van der Waals surface area contributed by atoms with Crippen LogP contribution in [0, 0.1) is 0 Å². The van der Waals surface area contributed by atoms with Crippen LogP contribution in [0.15, 0.2) is 0 Å². The first-order chi connectivity index (χ1) is 4.16. The summed E-state index contributed by atoms with van der Waals surface area (Å²) in [6.07, 6.45) is 1.20. The lowest BCUT2D eigenvalue weighted by Gasteiger charge is -2.15. The molecule has 0 heterocycles. The predicted molar refractivity (Wildman–Crippen MR) is 41.4 cm³/mol. The Kier molecular flexibility index (Phi) is 4.72. The Morgan fingerprint density at radius 1 is 1.44 bits per heavy atom. The maximum Gasteiger partial charge on any atom is 0.0476 e. The van der Waals surface area contributed by atoms with E-state index in [4.69, 9.17) is 0 Å². The van der Waals surface area contributed by atoms with Gasteiger partial charge in [0.05, 0.1) is 0 Å². The first-order valence-corrected chi connectivity index (χ1v) is 3.55. The van der Waals surface area contributed by atoms with E-state index in [9.17, 15) is 0 Å². The fourth-order valence-corrected chi connectivity index (χ4v) is 0.483. The van der Waals surface area contributed by atoms with Crippen molar-refractivity contribution in [2.45, 2.75) is 26.3 Å². The van der Waals surface area contributed by atoms with Crippen molar-refractivity contribution in [1.29, 1.82) is 0 Å². The Bertz CT molecular complexity index is 61.9. The monoisotopic (exact) mass is 130 g/mol. The molecule has 1 unspecified atom stereocenters. The maximum absolute atomic E-state index is 3.36. The molecule has 0 bridgehead atoms. The summed E-state index contributed by atoms with van der Waals surface area (Å²) in [5, 5.41) is 3.36. The van der Waals surface area contributed by atoms with E-state index in [0.717, 1.165) is 6.67 Å². The fourth-order valence-electron chi connectivity index (χ4n) is 0.483. The van der Waals surface area contributed by atoms with Gasteiger partial charge in [-0.25, -0.2) is 0 Å². The average molecular weight is 130 g/mol. The summed E-state index contributed by atoms with van der Waals surface area (Å²) in [4.78, 5) is 2.13. The Hall–Kier alpha value is -0.0800. The molecule has 1 N–H and O–H groups in total. The van der Waals surface area contributed by atoms with Crippen molar-refractivity contribution < 1.29 is 0 Å². The summed E-state index contributed by atoms with van der Waals surface area (Å²) in [5.74, 6) is 0. The molecule has 56 valence electrons. The summed E-state index contributed by atoms with van der Waals surface area (Å²) < 4.78 is 0. The smallest absolute Gasteiger partial charge is 0.0476 e. The first kappa shape index (κ1) is 8.92. The van der Waals surface area contributed by atoms with Crippen LogP contribution in [0.5, 0.6) is 0 Å². The zero-order valence-electron chi connectivity index (χ0n) is 6.94. The standard InChI is InChI=1S/C7H18N2/c1-5-7(2)8-6-9(3)4/h7-8H,5-6H2,1-4H3. The average Bonchev–Trinajstić information content (AvgIpc) is 1.83. The molecular formula is C7H18N2. The fraction of sp³-hybridized carbons (Fsp3) is 1.00. The summed E-state index contributed by atoms with van der Waals surface area (Å²) in [5.41, 5.74) is 0. The number of hydrogen-bond donors (Lipinski definition) is 1. The topological polar surface area (TPSA) is 15.3 Å². The summed E-state index contributed by atoms with van der Waals surface area (Å²) >= 11 is 0. The summed E-state index contributed by atoms with van der Waals surface area (Å²) in [6.45, 7) is 5.37. The van der Waals surface area contributed by atoms with Gasteiger partial charge in [0.15, 0.2) is 0 Å². The van der Waals surface area contributed by atoms with Gasteiger partial charge in [0.2, 0.25) is 0 Å². The number of nitrogens with zero attached hydrogens (tertiary/aromatic N) is 1. The molecule has 0 aliphatic heterocycles. The van der Waals surface area contributed by atoms with E-state index in [1.54, 1.807) is 0 Å². The highest BCUT2D eigenvalue weighted by molar-refractivity contribution is 4.54. The zero-order chi connectivity index (χ0) is 7.28. The number of nitrogens with one attached hydrogen (secondary N) is 1. The van der Waals surface area contributed by atoms with Crippen molar-refractivity contribution in [1.82, 2.24) is 10.2 Å². The summed E-state index contributed by atoms with van der Waals surface area (Å²) in [7, 11) is 4.13. The van der Waals surface area contributed by atoms with Crippen molar-refractivity contribution in [3.63, 3.8) is 0 Å². The second-order valence-electron chi connectivity index (χ2n) is 2.75. The van der Waals surface area contributed by atoms with Gasteiger partial charge in [0.1, 0.15) is 0 Å². The van der Waals surface area contributed by atoms with Crippen LogP contribution in [-0.2, 0) is 0 Å². The Labute approximate surface area is 58.2 Å². The van der Waals surface area contributed by atoms with Crippen LogP contribution >= 0.6 is 0 Å². The Morgan fingerprint density at radius 2 is 2.00 bits per heavy atom. The molecule has 0 saturated heterocycles. The van der Waals surface area contributed by atoms with Crippen LogP contribution in [0.2, 0.25) is 0 Å². The van der Waals surface area contributed by atoms with Crippen molar-refractivity contribution in [3.8, 4) is 0 Å². The van der Waals surface area contributed by atoms with E-state index in [1.165, 1.54) is 6.42 Å². The van der Waals surface area contributed by atoms with E-state index < -0.39 is 0 Å². The molecule has 0 aliphatic carbocycles. The molecule has 0 spiro atoms. The maximum atomic E-state index is 3.36. The molecule has 0 rings (SSSR count). The van der Waals surface area contributed by atoms with Crippen LogP contribution in [-0.4, -0.2) is 31.7 Å². The van der Waals surface area contributed by atoms with Crippen molar-refractivity contribution in [2.24, 2.45) is 0 Å². The molecule has 2 heteroatoms. The molecule has 2 nitrogen and oxygen atoms in total. The SMILES string of the molecule is CCC(C)NCN(C)C. The lowest BCUT2D eigenvalue weighted by atomic mass is 10.3. The molecule has 0 aromatic carbocycles. The van der Waals surface area contributed by atoms with Gasteiger partial charge in [-0.05, 0) is 27.4 Å². The van der Waals surface area contributed by atoms with Gasteiger partial charge in [-0.2, -0.15) is 0 Å². The van der Waals surface area contributed by atoms with Crippen LogP contribution in [0.4, 0.5) is 0 Å². The molecule has 0 aromatic rings. The zero-order valence-corrected chi connectivity index (χ0v) is 6.94. The van der Waals surface area contributed by atoms with Gasteiger partial charge >= 0.3 is 0 Å². The highest BCUT2D eigenvalue weighted by Crippen LogP contribution is 1.85. The molecule has 0 aromatic heterocycles. The first-order valence-electron chi connectivity index (χ1n) is 3.55. The van der Waals surface area contributed by atoms with Crippen LogP contribution in [0.25, 0.3) is 0 Å². The van der Waals surface area contributed by atoms with Crippen LogP contribution in [0.1, 0.15) is 20.3 Å². The van der Waals surface area contributed by atoms with Crippen LogP contribution < -0.4 is 5.32 Å². The largest absolute Gasteiger partial charge is 0.302 e. The van der Waals surface area contributed by atoms with E-state index in [0.29, 0.717) is 6.04 Å². The molecule has 0 aliphatic rings. The molecule has 0 fully saturated rings. The lowest BCUT2D eigenvalue weighted by molar-refractivity contribution is 0.341. The quantitative estimate of drug-likeness (QED) is 0.569. The third-order valence-corrected chi connectivity index (χ3v) is 1.37. The minimum atomic E-state index is 0.646. The number of hydrogen-bond acceptors (Lipinski definition) is 2. The van der Waals surface area contributed by atoms with Crippen LogP contribution in [0.3, 0.4) is 0 Å². The second-order valence-corrected chi connectivity index (χ2v) is 2.75. The molecule has 0 saturated carbocycles. The van der Waals surface area contributed by atoms with Gasteiger partial charge < -0.3 is 5.32 Å². The van der Waals surface area contributed by atoms with Gasteiger partial charge in [0.25, 0.3) is 0 Å². The summed E-state index contributed by atoms with van der Waals surface area (Å²) in [6, 6.07) is 0.646. The minimum absolute atomic E-state index is 0.646. The molecule has 0 radical (unpaired) electrons. The third-order valence-electron chi connectivity index (χ3n) is 1.37. The normalized spacial score (nSPS) is 14.3. The second kappa shape index (κ2) is 4.77. The number of rotatable bonds is 4. The predicted octanol–water partition coefficient (Wildman–Crippen LogP) is 0.894. The Morgan fingerprint density at radius 3 is 2.33 bits per heavy atom. The Balaban J connectivity index is 3.06. The van der Waals surface area contributed by atoms with Gasteiger partial charge in [-0.1, -0.05) is 6.92 Å². The van der Waals surface area contributed by atoms with E-state index in [2.05, 4.69) is 38.2 Å². The molecule has 1 atom stereocenters. The molecule has 9 heavy (non-hydrogen) atoms. The highest BCUT2D eigenvalue weighted by Gasteiger charge is 1.95.